The highest BCUT2D eigenvalue weighted by molar-refractivity contribution is 7.03. The fourth-order valence-corrected chi connectivity index (χ4v) is 4.26. The molecule has 2 aromatic heterocycles. The van der Waals surface area contributed by atoms with Crippen molar-refractivity contribution in [2.24, 2.45) is 0 Å². The number of rotatable bonds is 7. The van der Waals surface area contributed by atoms with Gasteiger partial charge in [0.1, 0.15) is 11.9 Å². The Bertz CT molecular complexity index is 1070. The fraction of sp³-hybridized carbons (Fsp3) is 0.320. The van der Waals surface area contributed by atoms with Gasteiger partial charge in [-0.1, -0.05) is 36.4 Å². The highest BCUT2D eigenvalue weighted by Gasteiger charge is 2.23. The van der Waals surface area contributed by atoms with E-state index in [9.17, 15) is 4.79 Å². The molecule has 0 atom stereocenters. The van der Waals surface area contributed by atoms with Crippen molar-refractivity contribution >= 4 is 23.1 Å². The van der Waals surface area contributed by atoms with Gasteiger partial charge in [0.2, 0.25) is 5.91 Å². The van der Waals surface area contributed by atoms with Gasteiger partial charge in [0.15, 0.2) is 0 Å². The van der Waals surface area contributed by atoms with E-state index in [4.69, 9.17) is 4.74 Å². The van der Waals surface area contributed by atoms with Gasteiger partial charge >= 0.3 is 0 Å². The molecule has 1 aliphatic heterocycles. The number of hydrogen-bond acceptors (Lipinski definition) is 6. The van der Waals surface area contributed by atoms with Crippen LogP contribution in [-0.2, 0) is 11.3 Å². The van der Waals surface area contributed by atoms with E-state index in [-0.39, 0.29) is 12.0 Å². The first-order valence-corrected chi connectivity index (χ1v) is 11.6. The van der Waals surface area contributed by atoms with Crippen LogP contribution in [0.1, 0.15) is 36.6 Å². The lowest BCUT2D eigenvalue weighted by Crippen LogP contribution is -2.40. The van der Waals surface area contributed by atoms with Crippen molar-refractivity contribution in [2.75, 3.05) is 13.1 Å². The Labute approximate surface area is 193 Å². The van der Waals surface area contributed by atoms with E-state index in [1.165, 1.54) is 22.7 Å². The van der Waals surface area contributed by atoms with Crippen molar-refractivity contribution in [1.29, 1.82) is 0 Å². The minimum absolute atomic E-state index is 0.0555. The van der Waals surface area contributed by atoms with Crippen LogP contribution in [-0.4, -0.2) is 39.4 Å². The van der Waals surface area contributed by atoms with Gasteiger partial charge in [0.05, 0.1) is 11.4 Å². The third-order valence-electron chi connectivity index (χ3n) is 5.73. The Balaban J connectivity index is 1.50. The molecule has 1 fully saturated rings. The van der Waals surface area contributed by atoms with Crippen LogP contribution < -0.4 is 10.1 Å². The maximum Gasteiger partial charge on any atom is 0.219 e. The van der Waals surface area contributed by atoms with E-state index < -0.39 is 0 Å². The number of aromatic nitrogens is 2. The summed E-state index contributed by atoms with van der Waals surface area (Å²) < 4.78 is 10.7. The molecule has 0 spiro atoms. The van der Waals surface area contributed by atoms with Crippen molar-refractivity contribution in [1.82, 2.24) is 19.6 Å². The lowest BCUT2D eigenvalue weighted by molar-refractivity contribution is -0.130. The summed E-state index contributed by atoms with van der Waals surface area (Å²) in [5.41, 5.74) is 5.83. The predicted octanol–water partition coefficient (Wildman–Crippen LogP) is 4.66. The van der Waals surface area contributed by atoms with E-state index in [1.807, 2.05) is 28.7 Å². The molecule has 1 saturated heterocycles. The highest BCUT2D eigenvalue weighted by Crippen LogP contribution is 2.33. The maximum atomic E-state index is 11.6. The van der Waals surface area contributed by atoms with Gasteiger partial charge < -0.3 is 15.0 Å². The number of carbonyl (C=O) groups is 1. The first kappa shape index (κ1) is 22.0. The van der Waals surface area contributed by atoms with E-state index in [2.05, 4.69) is 52.4 Å². The number of carbonyl (C=O) groups excluding carboxylic acids is 1. The van der Waals surface area contributed by atoms with Gasteiger partial charge in [-0.2, -0.15) is 0 Å². The SMILES string of the molecule is C=C(NCc1ccc(C)cc1)c1cc(OC2CCN(C(C)=O)CC2)c(-c2cnsc2)cn1. The second kappa shape index (κ2) is 9.96. The van der Waals surface area contributed by atoms with E-state index in [0.717, 1.165) is 54.2 Å². The predicted molar refractivity (Wildman–Crippen MR) is 128 cm³/mol. The van der Waals surface area contributed by atoms with E-state index in [0.29, 0.717) is 6.54 Å². The molecule has 0 bridgehead atoms. The number of pyridine rings is 1. The fourth-order valence-electron chi connectivity index (χ4n) is 3.73. The number of benzene rings is 1. The van der Waals surface area contributed by atoms with Crippen molar-refractivity contribution in [3.63, 3.8) is 0 Å². The standard InChI is InChI=1S/C25H28N4O2S/c1-17-4-6-20(7-5-17)13-26-18(2)24-12-25(23(15-27-24)21-14-28-32-16-21)31-22-8-10-29(11-9-22)19(3)30/h4-7,12,14-16,22,26H,2,8-11,13H2,1,3H3. The minimum Gasteiger partial charge on any atom is -0.490 e. The molecule has 3 aromatic rings. The molecule has 32 heavy (non-hydrogen) atoms. The molecular formula is C25H28N4O2S. The molecule has 0 unspecified atom stereocenters. The number of ether oxygens (including phenoxy) is 1. The van der Waals surface area contributed by atoms with Gasteiger partial charge in [0.25, 0.3) is 0 Å². The summed E-state index contributed by atoms with van der Waals surface area (Å²) >= 11 is 1.40. The quantitative estimate of drug-likeness (QED) is 0.569. The summed E-state index contributed by atoms with van der Waals surface area (Å²) in [6, 6.07) is 10.4. The number of likely N-dealkylation sites (tertiary alicyclic amines) is 1. The van der Waals surface area contributed by atoms with Crippen molar-refractivity contribution < 1.29 is 9.53 Å². The van der Waals surface area contributed by atoms with Crippen LogP contribution in [0.2, 0.25) is 0 Å². The lowest BCUT2D eigenvalue weighted by atomic mass is 10.1. The maximum absolute atomic E-state index is 11.6. The van der Waals surface area contributed by atoms with Crippen LogP contribution in [0.5, 0.6) is 5.75 Å². The molecule has 6 nitrogen and oxygen atoms in total. The zero-order valence-electron chi connectivity index (χ0n) is 18.5. The van der Waals surface area contributed by atoms with Crippen LogP contribution in [0.15, 0.2) is 54.7 Å². The van der Waals surface area contributed by atoms with Crippen molar-refractivity contribution in [3.05, 3.63) is 71.5 Å². The summed E-state index contributed by atoms with van der Waals surface area (Å²) in [4.78, 5) is 18.1. The highest BCUT2D eigenvalue weighted by atomic mass is 32.1. The molecule has 1 aliphatic rings. The number of nitrogens with one attached hydrogen (secondary N) is 1. The largest absolute Gasteiger partial charge is 0.490 e. The molecule has 3 heterocycles. The lowest BCUT2D eigenvalue weighted by Gasteiger charge is -2.32. The zero-order chi connectivity index (χ0) is 22.5. The number of piperidine rings is 1. The Morgan fingerprint density at radius 3 is 2.66 bits per heavy atom. The monoisotopic (exact) mass is 448 g/mol. The zero-order valence-corrected chi connectivity index (χ0v) is 19.3. The van der Waals surface area contributed by atoms with Crippen LogP contribution in [0.25, 0.3) is 16.8 Å². The van der Waals surface area contributed by atoms with Crippen molar-refractivity contribution in [3.8, 4) is 16.9 Å². The number of hydrogen-bond donors (Lipinski definition) is 1. The number of aryl methyl sites for hydroxylation is 1. The molecule has 0 saturated carbocycles. The minimum atomic E-state index is 0.0555. The number of amides is 1. The summed E-state index contributed by atoms with van der Waals surface area (Å²) in [6.45, 7) is 10.00. The van der Waals surface area contributed by atoms with Gasteiger partial charge in [-0.25, -0.2) is 4.37 Å². The second-order valence-electron chi connectivity index (χ2n) is 8.12. The third-order valence-corrected chi connectivity index (χ3v) is 6.31. The molecule has 1 aromatic carbocycles. The Morgan fingerprint density at radius 1 is 1.25 bits per heavy atom. The summed E-state index contributed by atoms with van der Waals surface area (Å²) in [5.74, 6) is 0.894. The van der Waals surface area contributed by atoms with Gasteiger partial charge in [-0.05, 0) is 24.0 Å². The Morgan fingerprint density at radius 2 is 2.00 bits per heavy atom. The van der Waals surface area contributed by atoms with Crippen LogP contribution in [0.3, 0.4) is 0 Å². The first-order valence-electron chi connectivity index (χ1n) is 10.8. The van der Waals surface area contributed by atoms with Crippen LogP contribution in [0, 0.1) is 6.92 Å². The molecule has 4 rings (SSSR count). The second-order valence-corrected chi connectivity index (χ2v) is 8.78. The third kappa shape index (κ3) is 5.34. The smallest absolute Gasteiger partial charge is 0.219 e. The summed E-state index contributed by atoms with van der Waals surface area (Å²) in [5, 5.41) is 5.36. The average molecular weight is 449 g/mol. The first-order chi connectivity index (χ1) is 15.5. The van der Waals surface area contributed by atoms with Gasteiger partial charge in [-0.15, -0.1) is 0 Å². The molecule has 0 radical (unpaired) electrons. The normalized spacial score (nSPS) is 14.2. The topological polar surface area (TPSA) is 67.3 Å². The average Bonchev–Trinajstić information content (AvgIpc) is 3.33. The van der Waals surface area contributed by atoms with E-state index in [1.54, 1.807) is 6.92 Å². The van der Waals surface area contributed by atoms with E-state index >= 15 is 0 Å². The van der Waals surface area contributed by atoms with Crippen LogP contribution in [0.4, 0.5) is 0 Å². The summed E-state index contributed by atoms with van der Waals surface area (Å²) in [6.07, 6.45) is 5.34. The molecule has 7 heteroatoms. The Kier molecular flexibility index (Phi) is 6.85. The van der Waals surface area contributed by atoms with Crippen LogP contribution >= 0.6 is 11.5 Å². The Hall–Kier alpha value is -3.19. The van der Waals surface area contributed by atoms with Gasteiger partial charge in [0, 0.05) is 74.4 Å². The van der Waals surface area contributed by atoms with Crippen molar-refractivity contribution in [2.45, 2.75) is 39.3 Å². The van der Waals surface area contributed by atoms with Gasteiger partial charge in [-0.3, -0.25) is 9.78 Å². The molecular weight excluding hydrogens is 420 g/mol. The summed E-state index contributed by atoms with van der Waals surface area (Å²) in [7, 11) is 0. The molecule has 166 valence electrons. The number of nitrogens with zero attached hydrogens (tertiary/aromatic N) is 3. The molecule has 1 amide bonds. The molecule has 1 N–H and O–H groups in total. The molecule has 0 aliphatic carbocycles.